The number of allylic oxidation sites excluding steroid dienone is 4. The average Bonchev–Trinajstić information content (AvgIpc) is 2.61. The Morgan fingerprint density at radius 2 is 1.55 bits per heavy atom. The minimum Gasteiger partial charge on any atom is -0.356 e. The maximum absolute atomic E-state index is 13.5. The van der Waals surface area contributed by atoms with Crippen molar-refractivity contribution in [3.63, 3.8) is 0 Å². The molecule has 2 atom stereocenters. The van der Waals surface area contributed by atoms with Gasteiger partial charge in [0.1, 0.15) is 0 Å². The van der Waals surface area contributed by atoms with Gasteiger partial charge in [-0.25, -0.2) is 0 Å². The summed E-state index contributed by atoms with van der Waals surface area (Å²) in [5.41, 5.74) is 1.76. The third-order valence-corrected chi connectivity index (χ3v) is 7.69. The molecule has 31 heavy (non-hydrogen) atoms. The normalized spacial score (nSPS) is 18.0. The van der Waals surface area contributed by atoms with Gasteiger partial charge >= 0.3 is 0 Å². The van der Waals surface area contributed by atoms with Crippen molar-refractivity contribution in [1.82, 2.24) is 5.32 Å². The number of hydrogen-bond donors (Lipinski definition) is 1. The minimum absolute atomic E-state index is 0.0119. The molecule has 0 bridgehead atoms. The van der Waals surface area contributed by atoms with Crippen LogP contribution in [0.3, 0.4) is 0 Å². The van der Waals surface area contributed by atoms with Crippen molar-refractivity contribution in [2.75, 3.05) is 6.54 Å². The highest BCUT2D eigenvalue weighted by atomic mass is 16.1. The Hall–Kier alpha value is -1.05. The fourth-order valence-corrected chi connectivity index (χ4v) is 4.87. The van der Waals surface area contributed by atoms with Crippen molar-refractivity contribution in [2.45, 2.75) is 109 Å². The van der Waals surface area contributed by atoms with E-state index in [0.717, 1.165) is 32.2 Å². The average molecular weight is 432 g/mol. The molecule has 1 aliphatic rings. The Balaban J connectivity index is 3.29. The van der Waals surface area contributed by atoms with E-state index in [4.69, 9.17) is 0 Å². The summed E-state index contributed by atoms with van der Waals surface area (Å²) in [5.74, 6) is 1.20. The van der Waals surface area contributed by atoms with Gasteiger partial charge < -0.3 is 5.32 Å². The first kappa shape index (κ1) is 28.0. The summed E-state index contributed by atoms with van der Waals surface area (Å²) in [4.78, 5) is 13.5. The lowest BCUT2D eigenvalue weighted by Crippen LogP contribution is -2.49. The summed E-state index contributed by atoms with van der Waals surface area (Å²) in [7, 11) is 0. The van der Waals surface area contributed by atoms with Crippen LogP contribution in [0.4, 0.5) is 0 Å². The molecule has 0 spiro atoms. The summed E-state index contributed by atoms with van der Waals surface area (Å²) in [5, 5.41) is 3.27. The predicted octanol–water partition coefficient (Wildman–Crippen LogP) is 8.19. The molecule has 0 fully saturated rings. The Kier molecular flexibility index (Phi) is 9.26. The van der Waals surface area contributed by atoms with Crippen LogP contribution in [0.2, 0.25) is 0 Å². The zero-order chi connectivity index (χ0) is 24.3. The Morgan fingerprint density at radius 3 is 1.97 bits per heavy atom. The summed E-state index contributed by atoms with van der Waals surface area (Å²) in [6.45, 7) is 28.5. The maximum Gasteiger partial charge on any atom is 0.223 e. The van der Waals surface area contributed by atoms with Gasteiger partial charge in [0, 0.05) is 12.5 Å². The smallest absolute Gasteiger partial charge is 0.223 e. The fourth-order valence-electron chi connectivity index (χ4n) is 4.87. The predicted molar refractivity (Wildman–Crippen MR) is 137 cm³/mol. The molecule has 1 amide bonds. The van der Waals surface area contributed by atoms with Crippen molar-refractivity contribution in [1.29, 1.82) is 0 Å². The van der Waals surface area contributed by atoms with Crippen LogP contribution in [0.25, 0.3) is 0 Å². The van der Waals surface area contributed by atoms with Crippen molar-refractivity contribution in [3.8, 4) is 0 Å². The molecule has 0 heterocycles. The van der Waals surface area contributed by atoms with Gasteiger partial charge in [-0.2, -0.15) is 0 Å². The lowest BCUT2D eigenvalue weighted by molar-refractivity contribution is -0.135. The van der Waals surface area contributed by atoms with Crippen molar-refractivity contribution < 1.29 is 4.79 Å². The molecular formula is C29H53NO. The van der Waals surface area contributed by atoms with Gasteiger partial charge in [-0.3, -0.25) is 4.79 Å². The van der Waals surface area contributed by atoms with Crippen LogP contribution < -0.4 is 5.32 Å². The van der Waals surface area contributed by atoms with Crippen molar-refractivity contribution in [2.24, 2.45) is 39.4 Å². The molecule has 1 rings (SSSR count). The number of rotatable bonds is 9. The van der Waals surface area contributed by atoms with Crippen LogP contribution in [0.5, 0.6) is 0 Å². The highest BCUT2D eigenvalue weighted by Gasteiger charge is 2.49. The minimum atomic E-state index is -0.129. The Bertz CT molecular complexity index is 649. The van der Waals surface area contributed by atoms with Gasteiger partial charge in [-0.05, 0) is 59.2 Å². The molecule has 0 aliphatic heterocycles. The molecule has 0 radical (unpaired) electrons. The molecular weight excluding hydrogens is 378 g/mol. The topological polar surface area (TPSA) is 29.1 Å². The molecule has 0 saturated heterocycles. The zero-order valence-electron chi connectivity index (χ0n) is 22.9. The van der Waals surface area contributed by atoms with E-state index < -0.39 is 0 Å². The second kappa shape index (κ2) is 10.3. The number of hydrogen-bond acceptors (Lipinski definition) is 1. The van der Waals surface area contributed by atoms with Crippen LogP contribution in [0.1, 0.15) is 109 Å². The van der Waals surface area contributed by atoms with Gasteiger partial charge in [-0.15, -0.1) is 0 Å². The number of amides is 1. The van der Waals surface area contributed by atoms with Gasteiger partial charge in [0.2, 0.25) is 5.91 Å². The summed E-state index contributed by atoms with van der Waals surface area (Å²) >= 11 is 0. The van der Waals surface area contributed by atoms with E-state index in [0.29, 0.717) is 11.8 Å². The van der Waals surface area contributed by atoms with Crippen LogP contribution in [0.15, 0.2) is 23.8 Å². The lowest BCUT2D eigenvalue weighted by atomic mass is 9.53. The molecule has 1 N–H and O–H groups in total. The van der Waals surface area contributed by atoms with E-state index in [1.165, 1.54) is 0 Å². The number of carbonyl (C=O) groups excluding carboxylic acids is 1. The first-order chi connectivity index (χ1) is 13.9. The number of carbonyl (C=O) groups is 1. The standard InChI is InChI=1S/C29H53NO/c1-21(2)20-30-25(31)24(18-26(3,4)5)29(11,12)28(9,10)19-23(27(6,7)8)22-16-14-13-15-17-22/h13-14,16,21,23-24H,15,17-20H2,1-12H3,(H,30,31). The molecule has 0 saturated carbocycles. The highest BCUT2D eigenvalue weighted by molar-refractivity contribution is 5.79. The largest absolute Gasteiger partial charge is 0.356 e. The number of nitrogens with one attached hydrogen (secondary N) is 1. The molecule has 2 nitrogen and oxygen atoms in total. The van der Waals surface area contributed by atoms with Crippen LogP contribution in [-0.2, 0) is 4.79 Å². The summed E-state index contributed by atoms with van der Waals surface area (Å²) in [6.07, 6.45) is 11.2. The van der Waals surface area contributed by atoms with E-state index in [1.807, 2.05) is 0 Å². The molecule has 2 heteroatoms. The van der Waals surface area contributed by atoms with E-state index >= 15 is 0 Å². The Labute approximate surface area is 194 Å². The monoisotopic (exact) mass is 431 g/mol. The quantitative estimate of drug-likeness (QED) is 0.391. The van der Waals surface area contributed by atoms with E-state index in [9.17, 15) is 4.79 Å². The molecule has 2 unspecified atom stereocenters. The molecule has 0 aromatic rings. The van der Waals surface area contributed by atoms with Crippen LogP contribution >= 0.6 is 0 Å². The molecule has 1 aliphatic carbocycles. The lowest BCUT2D eigenvalue weighted by Gasteiger charge is -2.51. The van der Waals surface area contributed by atoms with Gasteiger partial charge in [0.05, 0.1) is 0 Å². The van der Waals surface area contributed by atoms with Gasteiger partial charge in [0.25, 0.3) is 0 Å². The zero-order valence-corrected chi connectivity index (χ0v) is 22.9. The van der Waals surface area contributed by atoms with E-state index in [1.54, 1.807) is 5.57 Å². The van der Waals surface area contributed by atoms with Crippen molar-refractivity contribution in [3.05, 3.63) is 23.8 Å². The van der Waals surface area contributed by atoms with E-state index in [2.05, 4.69) is 107 Å². The highest BCUT2D eigenvalue weighted by Crippen LogP contribution is 2.54. The first-order valence-corrected chi connectivity index (χ1v) is 12.5. The fraction of sp³-hybridized carbons (Fsp3) is 0.828. The summed E-state index contributed by atoms with van der Waals surface area (Å²) in [6, 6.07) is 0. The molecule has 0 aromatic carbocycles. The first-order valence-electron chi connectivity index (χ1n) is 12.5. The Morgan fingerprint density at radius 1 is 0.968 bits per heavy atom. The van der Waals surface area contributed by atoms with Gasteiger partial charge in [0.15, 0.2) is 0 Å². The maximum atomic E-state index is 13.5. The third kappa shape index (κ3) is 8.10. The van der Waals surface area contributed by atoms with Crippen molar-refractivity contribution >= 4 is 5.91 Å². The second-order valence-electron chi connectivity index (χ2n) is 13.9. The SMILES string of the molecule is CC(C)CNC(=O)C(CC(C)(C)C)C(C)(C)C(C)(C)CC(C1=CC=CCC1)C(C)(C)C. The van der Waals surface area contributed by atoms with Crippen LogP contribution in [-0.4, -0.2) is 12.5 Å². The van der Waals surface area contributed by atoms with E-state index in [-0.39, 0.29) is 33.5 Å². The van der Waals surface area contributed by atoms with Crippen LogP contribution in [0, 0.1) is 39.4 Å². The molecule has 0 aromatic heterocycles. The molecule has 180 valence electrons. The second-order valence-corrected chi connectivity index (χ2v) is 13.9. The van der Waals surface area contributed by atoms with Gasteiger partial charge in [-0.1, -0.05) is 107 Å². The third-order valence-electron chi connectivity index (χ3n) is 7.69. The summed E-state index contributed by atoms with van der Waals surface area (Å²) < 4.78 is 0.